The van der Waals surface area contributed by atoms with Crippen LogP contribution in [0, 0.1) is 0 Å². The molecule has 5 nitrogen and oxygen atoms in total. The van der Waals surface area contributed by atoms with Crippen molar-refractivity contribution in [3.05, 3.63) is 42.5 Å². The zero-order chi connectivity index (χ0) is 15.2. The summed E-state index contributed by atoms with van der Waals surface area (Å²) in [7, 11) is 1.75. The van der Waals surface area contributed by atoms with Crippen LogP contribution < -0.4 is 0 Å². The van der Waals surface area contributed by atoms with Gasteiger partial charge >= 0.3 is 0 Å². The third-order valence-corrected chi connectivity index (χ3v) is 4.06. The Morgan fingerprint density at radius 3 is 2.55 bits per heavy atom. The highest BCUT2D eigenvalue weighted by atomic mass is 16.5. The molecule has 0 bridgehead atoms. The van der Waals surface area contributed by atoms with Crippen LogP contribution in [0.25, 0.3) is 11.3 Å². The summed E-state index contributed by atoms with van der Waals surface area (Å²) in [6, 6.07) is 10.1. The van der Waals surface area contributed by atoms with Crippen LogP contribution >= 0.6 is 0 Å². The van der Waals surface area contributed by atoms with Gasteiger partial charge in [-0.3, -0.25) is 9.80 Å². The van der Waals surface area contributed by atoms with Crippen molar-refractivity contribution >= 4 is 0 Å². The molecule has 0 atom stereocenters. The molecule has 1 fully saturated rings. The third-order valence-electron chi connectivity index (χ3n) is 4.06. The molecule has 1 aliphatic heterocycles. The maximum atomic E-state index is 5.63. The van der Waals surface area contributed by atoms with E-state index < -0.39 is 0 Å². The molecule has 0 aliphatic carbocycles. The molecule has 3 rings (SSSR count). The van der Waals surface area contributed by atoms with E-state index in [9.17, 15) is 0 Å². The summed E-state index contributed by atoms with van der Waals surface area (Å²) in [5, 5.41) is 0. The number of piperazine rings is 1. The van der Waals surface area contributed by atoms with Gasteiger partial charge in [-0.25, -0.2) is 4.98 Å². The molecule has 0 radical (unpaired) electrons. The Hall–Kier alpha value is -1.69. The second-order valence-electron chi connectivity index (χ2n) is 5.60. The number of methoxy groups -OCH3 is 1. The Morgan fingerprint density at radius 2 is 1.82 bits per heavy atom. The Bertz CT molecular complexity index is 562. The monoisotopic (exact) mass is 301 g/mol. The summed E-state index contributed by atoms with van der Waals surface area (Å²) in [5.41, 5.74) is 2.01. The normalized spacial score (nSPS) is 17.0. The van der Waals surface area contributed by atoms with E-state index in [1.165, 1.54) is 0 Å². The summed E-state index contributed by atoms with van der Waals surface area (Å²) in [6.45, 7) is 6.86. The Kier molecular flexibility index (Phi) is 5.21. The van der Waals surface area contributed by atoms with E-state index in [-0.39, 0.29) is 0 Å². The third kappa shape index (κ3) is 3.94. The molecule has 0 saturated carbocycles. The van der Waals surface area contributed by atoms with E-state index in [1.54, 1.807) is 13.4 Å². The molecule has 22 heavy (non-hydrogen) atoms. The molecule has 0 amide bonds. The minimum atomic E-state index is 0.783. The van der Waals surface area contributed by atoms with E-state index in [0.717, 1.165) is 63.0 Å². The lowest BCUT2D eigenvalue weighted by atomic mass is 10.2. The van der Waals surface area contributed by atoms with Gasteiger partial charge in [0.2, 0.25) is 5.89 Å². The van der Waals surface area contributed by atoms with E-state index in [2.05, 4.69) is 26.9 Å². The molecule has 5 heteroatoms. The van der Waals surface area contributed by atoms with E-state index in [0.29, 0.717) is 0 Å². The number of hydrogen-bond acceptors (Lipinski definition) is 5. The number of oxazole rings is 1. The number of nitrogens with zero attached hydrogens (tertiary/aromatic N) is 3. The van der Waals surface area contributed by atoms with Gasteiger partial charge in [-0.2, -0.15) is 0 Å². The molecular formula is C17H23N3O2. The Morgan fingerprint density at radius 1 is 1.09 bits per heavy atom. The fraction of sp³-hybridized carbons (Fsp3) is 0.471. The molecule has 2 aromatic rings. The van der Waals surface area contributed by atoms with Crippen LogP contribution in [0.15, 0.2) is 41.0 Å². The van der Waals surface area contributed by atoms with Crippen LogP contribution in [0.2, 0.25) is 0 Å². The van der Waals surface area contributed by atoms with Gasteiger partial charge < -0.3 is 9.15 Å². The number of ether oxygens (including phenoxy) is 1. The van der Waals surface area contributed by atoms with Crippen molar-refractivity contribution in [3.63, 3.8) is 0 Å². The summed E-state index contributed by atoms with van der Waals surface area (Å²) in [4.78, 5) is 9.43. The van der Waals surface area contributed by atoms with E-state index in [1.807, 2.05) is 18.2 Å². The van der Waals surface area contributed by atoms with Gasteiger partial charge in [-0.05, 0) is 0 Å². The number of hydrogen-bond donors (Lipinski definition) is 0. The molecule has 0 unspecified atom stereocenters. The molecule has 0 spiro atoms. The maximum Gasteiger partial charge on any atom is 0.208 e. The summed E-state index contributed by atoms with van der Waals surface area (Å²) < 4.78 is 10.8. The second kappa shape index (κ2) is 7.54. The van der Waals surface area contributed by atoms with Crippen LogP contribution in [0.3, 0.4) is 0 Å². The van der Waals surface area contributed by atoms with Crippen molar-refractivity contribution in [1.82, 2.24) is 14.8 Å². The second-order valence-corrected chi connectivity index (χ2v) is 5.60. The smallest absolute Gasteiger partial charge is 0.208 e. The topological polar surface area (TPSA) is 41.7 Å². The van der Waals surface area contributed by atoms with Crippen LogP contribution in [-0.4, -0.2) is 61.2 Å². The SMILES string of the molecule is COCCN1CCN(Cc2nc(-c3ccccc3)co2)CC1. The lowest BCUT2D eigenvalue weighted by molar-refractivity contribution is 0.0896. The van der Waals surface area contributed by atoms with Gasteiger partial charge in [0.05, 0.1) is 13.2 Å². The quantitative estimate of drug-likeness (QED) is 0.817. The molecule has 0 N–H and O–H groups in total. The predicted octanol–water partition coefficient (Wildman–Crippen LogP) is 2.11. The zero-order valence-corrected chi connectivity index (χ0v) is 13.1. The van der Waals surface area contributed by atoms with Gasteiger partial charge in [-0.1, -0.05) is 30.3 Å². The van der Waals surface area contributed by atoms with Crippen molar-refractivity contribution < 1.29 is 9.15 Å². The maximum absolute atomic E-state index is 5.63. The number of aromatic nitrogens is 1. The van der Waals surface area contributed by atoms with Gasteiger partial charge in [-0.15, -0.1) is 0 Å². The van der Waals surface area contributed by atoms with Crippen molar-refractivity contribution in [2.75, 3.05) is 46.4 Å². The molecule has 2 heterocycles. The molecule has 1 aromatic carbocycles. The van der Waals surface area contributed by atoms with Crippen LogP contribution in [0.1, 0.15) is 5.89 Å². The summed E-state index contributed by atoms with van der Waals surface area (Å²) in [6.07, 6.45) is 1.75. The van der Waals surface area contributed by atoms with E-state index in [4.69, 9.17) is 9.15 Å². The van der Waals surface area contributed by atoms with Gasteiger partial charge in [0.15, 0.2) is 0 Å². The predicted molar refractivity (Wildman–Crippen MR) is 85.5 cm³/mol. The van der Waals surface area contributed by atoms with Crippen LogP contribution in [0.5, 0.6) is 0 Å². The largest absolute Gasteiger partial charge is 0.447 e. The summed E-state index contributed by atoms with van der Waals surface area (Å²) in [5.74, 6) is 0.796. The van der Waals surface area contributed by atoms with Crippen molar-refractivity contribution in [2.45, 2.75) is 6.54 Å². The van der Waals surface area contributed by atoms with Gasteiger partial charge in [0.1, 0.15) is 12.0 Å². The van der Waals surface area contributed by atoms with Gasteiger partial charge in [0.25, 0.3) is 0 Å². The standard InChI is InChI=1S/C17H23N3O2/c1-21-12-11-19-7-9-20(10-8-19)13-17-18-16(14-22-17)15-5-3-2-4-6-15/h2-6,14H,7-13H2,1H3. The first-order valence-electron chi connectivity index (χ1n) is 7.78. The molecule has 1 aliphatic rings. The van der Waals surface area contributed by atoms with Crippen molar-refractivity contribution in [2.24, 2.45) is 0 Å². The Balaban J connectivity index is 1.51. The molecule has 1 aromatic heterocycles. The number of rotatable bonds is 6. The first-order valence-corrected chi connectivity index (χ1v) is 7.78. The fourth-order valence-electron chi connectivity index (χ4n) is 2.71. The lowest BCUT2D eigenvalue weighted by Crippen LogP contribution is -2.46. The fourth-order valence-corrected chi connectivity index (χ4v) is 2.71. The minimum Gasteiger partial charge on any atom is -0.447 e. The average molecular weight is 301 g/mol. The first-order chi connectivity index (χ1) is 10.8. The molecular weight excluding hydrogens is 278 g/mol. The van der Waals surface area contributed by atoms with Gasteiger partial charge in [0, 0.05) is 45.4 Å². The molecule has 118 valence electrons. The zero-order valence-electron chi connectivity index (χ0n) is 13.1. The highest BCUT2D eigenvalue weighted by Crippen LogP contribution is 2.19. The van der Waals surface area contributed by atoms with Crippen molar-refractivity contribution in [1.29, 1.82) is 0 Å². The van der Waals surface area contributed by atoms with Crippen molar-refractivity contribution in [3.8, 4) is 11.3 Å². The minimum absolute atomic E-state index is 0.783. The highest BCUT2D eigenvalue weighted by molar-refractivity contribution is 5.57. The average Bonchev–Trinajstić information content (AvgIpc) is 3.04. The van der Waals surface area contributed by atoms with E-state index >= 15 is 0 Å². The summed E-state index contributed by atoms with van der Waals surface area (Å²) >= 11 is 0. The first kappa shape index (κ1) is 15.2. The van der Waals surface area contributed by atoms with Crippen LogP contribution in [-0.2, 0) is 11.3 Å². The lowest BCUT2D eigenvalue weighted by Gasteiger charge is -2.33. The van der Waals surface area contributed by atoms with Crippen LogP contribution in [0.4, 0.5) is 0 Å². The Labute approximate surface area is 131 Å². The number of benzene rings is 1. The molecule has 1 saturated heterocycles. The highest BCUT2D eigenvalue weighted by Gasteiger charge is 2.18.